The van der Waals surface area contributed by atoms with E-state index in [1.165, 1.54) is 4.57 Å². The molecule has 22 heteroatoms. The van der Waals surface area contributed by atoms with Crippen molar-refractivity contribution in [1.29, 1.82) is 0 Å². The molecule has 10 N–H and O–H groups in total. The van der Waals surface area contributed by atoms with Crippen LogP contribution in [0.25, 0.3) is 11.2 Å². The van der Waals surface area contributed by atoms with Crippen molar-refractivity contribution in [3.8, 4) is 0 Å². The fourth-order valence-electron chi connectivity index (χ4n) is 4.17. The van der Waals surface area contributed by atoms with Gasteiger partial charge in [-0.3, -0.25) is 13.6 Å². The first-order valence-corrected chi connectivity index (χ1v) is 13.7. The summed E-state index contributed by atoms with van der Waals surface area (Å²) in [6.07, 6.45) is -13.6. The number of ether oxygens (including phenoxy) is 3. The van der Waals surface area contributed by atoms with Gasteiger partial charge in [-0.2, -0.15) is 0 Å². The lowest BCUT2D eigenvalue weighted by Gasteiger charge is -2.42. The predicted molar refractivity (Wildman–Crippen MR) is 117 cm³/mol. The van der Waals surface area contributed by atoms with E-state index in [0.717, 1.165) is 12.7 Å². The monoisotopic (exact) mass is 589 g/mol. The first-order chi connectivity index (χ1) is 17.7. The number of hydrogen-bond donors (Lipinski definition) is 9. The number of phosphoric acid groups is 2. The van der Waals surface area contributed by atoms with Crippen LogP contribution >= 0.6 is 15.6 Å². The molecule has 0 aliphatic carbocycles. The first-order valence-electron chi connectivity index (χ1n) is 10.7. The fraction of sp³-hybridized carbons (Fsp3) is 0.688. The molecule has 4 heterocycles. The zero-order chi connectivity index (χ0) is 28.0. The molecule has 9 atom stereocenters. The number of rotatable bonds is 9. The minimum Gasteiger partial charge on any atom is -0.394 e. The minimum atomic E-state index is -5.28. The van der Waals surface area contributed by atoms with Gasteiger partial charge in [0, 0.05) is 0 Å². The van der Waals surface area contributed by atoms with Crippen molar-refractivity contribution in [3.63, 3.8) is 0 Å². The third-order valence-corrected chi connectivity index (χ3v) is 6.79. The summed E-state index contributed by atoms with van der Waals surface area (Å²) >= 11 is 0. The van der Waals surface area contributed by atoms with Gasteiger partial charge in [0.15, 0.2) is 24.0 Å². The van der Waals surface area contributed by atoms with Crippen LogP contribution in [0.15, 0.2) is 12.7 Å². The number of imidazole rings is 1. The maximum atomic E-state index is 11.8. The molecular formula is C16H25N5O15P2. The van der Waals surface area contributed by atoms with Crippen molar-refractivity contribution in [1.82, 2.24) is 19.5 Å². The average Bonchev–Trinajstić information content (AvgIpc) is 3.39. The van der Waals surface area contributed by atoms with Gasteiger partial charge in [0.05, 0.1) is 19.5 Å². The minimum absolute atomic E-state index is 0.0193. The Hall–Kier alpha value is -1.71. The van der Waals surface area contributed by atoms with Crippen molar-refractivity contribution in [2.45, 2.75) is 55.2 Å². The van der Waals surface area contributed by atoms with Crippen molar-refractivity contribution in [2.24, 2.45) is 0 Å². The number of aliphatic hydroxyl groups is 4. The van der Waals surface area contributed by atoms with Crippen molar-refractivity contribution in [2.75, 3.05) is 18.9 Å². The van der Waals surface area contributed by atoms with E-state index < -0.39 is 84.1 Å². The summed E-state index contributed by atoms with van der Waals surface area (Å²) in [7, 11) is -10.6. The molecule has 2 aromatic heterocycles. The Kier molecular flexibility index (Phi) is 8.51. The van der Waals surface area contributed by atoms with Crippen LogP contribution in [0.1, 0.15) is 6.23 Å². The van der Waals surface area contributed by atoms with E-state index >= 15 is 0 Å². The van der Waals surface area contributed by atoms with Gasteiger partial charge >= 0.3 is 15.6 Å². The molecule has 0 spiro atoms. The van der Waals surface area contributed by atoms with Crippen molar-refractivity contribution < 1.29 is 72.4 Å². The van der Waals surface area contributed by atoms with Crippen LogP contribution in [0.2, 0.25) is 0 Å². The number of nitrogens with two attached hydrogens (primary N) is 1. The highest BCUT2D eigenvalue weighted by atomic mass is 31.2. The lowest BCUT2D eigenvalue weighted by Crippen LogP contribution is -2.61. The van der Waals surface area contributed by atoms with Gasteiger partial charge in [-0.15, -0.1) is 0 Å². The van der Waals surface area contributed by atoms with E-state index in [1.807, 2.05) is 0 Å². The molecule has 2 fully saturated rings. The molecule has 2 aromatic rings. The molecule has 20 nitrogen and oxygen atoms in total. The van der Waals surface area contributed by atoms with Crippen LogP contribution in [-0.4, -0.2) is 122 Å². The number of aliphatic hydroxyl groups excluding tert-OH is 4. The Morgan fingerprint density at radius 1 is 0.895 bits per heavy atom. The number of anilines is 1. The molecule has 2 aliphatic rings. The van der Waals surface area contributed by atoms with E-state index in [0.29, 0.717) is 0 Å². The normalized spacial score (nSPS) is 34.7. The highest BCUT2D eigenvalue weighted by Gasteiger charge is 2.54. The van der Waals surface area contributed by atoms with Crippen molar-refractivity contribution in [3.05, 3.63) is 12.7 Å². The summed E-state index contributed by atoms with van der Waals surface area (Å²) in [5, 5.41) is 40.3. The van der Waals surface area contributed by atoms with Crippen LogP contribution in [0.4, 0.5) is 5.82 Å². The lowest BCUT2D eigenvalue weighted by atomic mass is 9.99. The molecule has 0 radical (unpaired) electrons. The lowest BCUT2D eigenvalue weighted by molar-refractivity contribution is -0.315. The topological polar surface area (TPSA) is 312 Å². The largest absolute Gasteiger partial charge is 0.470 e. The number of hydrogen-bond acceptors (Lipinski definition) is 15. The number of phosphoric ester groups is 2. The Bertz CT molecular complexity index is 1220. The third-order valence-electron chi connectivity index (χ3n) is 5.76. The smallest absolute Gasteiger partial charge is 0.394 e. The molecule has 2 aliphatic heterocycles. The Labute approximate surface area is 212 Å². The number of nitrogens with zero attached hydrogens (tertiary/aromatic N) is 4. The highest BCUT2D eigenvalue weighted by Crippen LogP contribution is 2.47. The van der Waals surface area contributed by atoms with Crippen LogP contribution in [0.3, 0.4) is 0 Å². The fourth-order valence-corrected chi connectivity index (χ4v) is 5.28. The maximum Gasteiger partial charge on any atom is 0.470 e. The van der Waals surface area contributed by atoms with E-state index in [1.54, 1.807) is 0 Å². The van der Waals surface area contributed by atoms with Gasteiger partial charge in [0.1, 0.15) is 54.6 Å². The van der Waals surface area contributed by atoms with E-state index in [-0.39, 0.29) is 17.0 Å². The van der Waals surface area contributed by atoms with Gasteiger partial charge in [0.2, 0.25) is 0 Å². The number of aromatic nitrogens is 4. The molecule has 214 valence electrons. The second-order valence-corrected chi connectivity index (χ2v) is 10.6. The molecular weight excluding hydrogens is 564 g/mol. The average molecular weight is 589 g/mol. The molecule has 0 aromatic carbocycles. The summed E-state index contributed by atoms with van der Waals surface area (Å²) in [5.74, 6) is -0.0193. The van der Waals surface area contributed by atoms with Gasteiger partial charge in [-0.25, -0.2) is 24.1 Å². The van der Waals surface area contributed by atoms with E-state index in [4.69, 9.17) is 34.3 Å². The molecule has 0 bridgehead atoms. The summed E-state index contributed by atoms with van der Waals surface area (Å²) in [6, 6.07) is 0. The van der Waals surface area contributed by atoms with Crippen LogP contribution in [0, 0.1) is 0 Å². The molecule has 2 saturated heterocycles. The number of fused-ring (bicyclic) bond motifs is 1. The second-order valence-electron chi connectivity index (χ2n) is 8.26. The van der Waals surface area contributed by atoms with Crippen molar-refractivity contribution >= 4 is 32.6 Å². The molecule has 0 unspecified atom stereocenters. The summed E-state index contributed by atoms with van der Waals surface area (Å²) in [4.78, 5) is 49.3. The zero-order valence-electron chi connectivity index (χ0n) is 19.0. The third kappa shape index (κ3) is 6.04. The van der Waals surface area contributed by atoms with Crippen LogP contribution in [0.5, 0.6) is 0 Å². The molecule has 0 amide bonds. The predicted octanol–water partition coefficient (Wildman–Crippen LogP) is -3.92. The van der Waals surface area contributed by atoms with Gasteiger partial charge in [-0.05, 0) is 0 Å². The molecule has 4 rings (SSSR count). The van der Waals surface area contributed by atoms with E-state index in [9.17, 15) is 39.3 Å². The summed E-state index contributed by atoms with van der Waals surface area (Å²) in [5.41, 5.74) is 5.95. The Morgan fingerprint density at radius 3 is 2.13 bits per heavy atom. The molecule has 0 saturated carbocycles. The Balaban J connectivity index is 1.69. The van der Waals surface area contributed by atoms with E-state index in [2.05, 4.69) is 19.5 Å². The van der Waals surface area contributed by atoms with Gasteiger partial charge < -0.3 is 59.9 Å². The summed E-state index contributed by atoms with van der Waals surface area (Å²) in [6.45, 7) is -1.73. The standard InChI is InChI=1S/C16H25N5O15P2/c17-13-7-14(19-3-18-13)21(4-20-7)15-12(36-38(29,30)31)10(6(2-23)32-15)34-16-9(25)11(35-37(26,27)28)8(24)5(1-22)33-16/h3-6,8-12,15-16,22-25H,1-2H2,(H2,17,18,19)(H2,26,27,28)(H2,29,30,31)/t5-,6-,8-,9-,10-,11+,12-,15-,16-/m1/s1. The van der Waals surface area contributed by atoms with Gasteiger partial charge in [-0.1, -0.05) is 0 Å². The first kappa shape index (κ1) is 29.3. The van der Waals surface area contributed by atoms with Crippen LogP contribution in [-0.2, 0) is 32.4 Å². The maximum absolute atomic E-state index is 11.8. The SMILES string of the molecule is Nc1ncnc2c1ncn2[C@@H]1O[C@H](CO)[C@@H](O[C@H]2O[C@H](CO)[C@@H](O)[C@H](OP(=O)(O)O)[C@H]2O)[C@H]1OP(=O)(O)O. The molecule has 38 heavy (non-hydrogen) atoms. The quantitative estimate of drug-likeness (QED) is 0.126. The van der Waals surface area contributed by atoms with Gasteiger partial charge in [0.25, 0.3) is 0 Å². The van der Waals surface area contributed by atoms with Crippen LogP contribution < -0.4 is 5.73 Å². The second kappa shape index (κ2) is 11.0. The zero-order valence-corrected chi connectivity index (χ0v) is 20.7. The summed E-state index contributed by atoms with van der Waals surface area (Å²) < 4.78 is 50.4. The Morgan fingerprint density at radius 2 is 1.53 bits per heavy atom. The highest BCUT2D eigenvalue weighted by molar-refractivity contribution is 7.46. The number of nitrogen functional groups attached to an aromatic ring is 1.